The van der Waals surface area contributed by atoms with Crippen LogP contribution in [0.3, 0.4) is 0 Å². The Morgan fingerprint density at radius 1 is 0.889 bits per heavy atom. The minimum atomic E-state index is 0.281. The number of aryl methyl sites for hydroxylation is 2. The van der Waals surface area contributed by atoms with Crippen molar-refractivity contribution in [2.75, 3.05) is 5.73 Å². The quantitative estimate of drug-likeness (QED) is 0.550. The zero-order valence-electron chi connectivity index (χ0n) is 14.6. The fourth-order valence-electron chi connectivity index (χ4n) is 2.41. The highest BCUT2D eigenvalue weighted by molar-refractivity contribution is 5.62. The highest BCUT2D eigenvalue weighted by Gasteiger charge is 2.16. The first-order valence-electron chi connectivity index (χ1n) is 8.03. The second-order valence-electron chi connectivity index (χ2n) is 5.54. The number of rotatable bonds is 4. The molecule has 0 fully saturated rings. The van der Waals surface area contributed by atoms with Gasteiger partial charge < -0.3 is 5.73 Å². The van der Waals surface area contributed by atoms with E-state index < -0.39 is 0 Å². The van der Waals surface area contributed by atoms with Crippen LogP contribution in [0.4, 0.5) is 17.5 Å². The molecule has 4 rings (SSSR count). The van der Waals surface area contributed by atoms with Gasteiger partial charge >= 0.3 is 0 Å². The Hall–Kier alpha value is -4.02. The Morgan fingerprint density at radius 2 is 1.67 bits per heavy atom. The lowest BCUT2D eigenvalue weighted by Crippen LogP contribution is -2.05. The van der Waals surface area contributed by atoms with Crippen LogP contribution >= 0.6 is 0 Å². The summed E-state index contributed by atoms with van der Waals surface area (Å²) in [7, 11) is 0. The van der Waals surface area contributed by atoms with E-state index in [0.29, 0.717) is 29.0 Å². The maximum atomic E-state index is 6.17. The molecular formula is C16H15N11. The SMILES string of the molecule is Cc1nc(/N=N/c2c(C)nn(-c3ncccn3)c2N)n(-c2ccccn2)n1. The molecule has 11 heteroatoms. The standard InChI is InChI=1S/C16H15N11/c1-10-13(14(17)27(24-10)15-19-8-5-9-20-15)22-23-16-21-11(2)25-26(16)12-6-3-4-7-18-12/h3-9H,17H2,1-2H3/b23-22+. The smallest absolute Gasteiger partial charge is 0.273 e. The van der Waals surface area contributed by atoms with Crippen LogP contribution in [0.2, 0.25) is 0 Å². The summed E-state index contributed by atoms with van der Waals surface area (Å²) in [5.74, 6) is 2.06. The molecule has 11 nitrogen and oxygen atoms in total. The van der Waals surface area contributed by atoms with Crippen molar-refractivity contribution in [2.45, 2.75) is 13.8 Å². The van der Waals surface area contributed by atoms with Crippen molar-refractivity contribution in [3.05, 3.63) is 54.4 Å². The van der Waals surface area contributed by atoms with Crippen LogP contribution in [0, 0.1) is 13.8 Å². The first-order chi connectivity index (χ1) is 13.1. The van der Waals surface area contributed by atoms with E-state index in [0.717, 1.165) is 0 Å². The van der Waals surface area contributed by atoms with Crippen molar-refractivity contribution in [2.24, 2.45) is 10.2 Å². The highest BCUT2D eigenvalue weighted by Crippen LogP contribution is 2.29. The maximum Gasteiger partial charge on any atom is 0.273 e. The number of azo groups is 1. The molecular weight excluding hydrogens is 346 g/mol. The van der Waals surface area contributed by atoms with Crippen LogP contribution in [-0.2, 0) is 0 Å². The molecule has 2 N–H and O–H groups in total. The minimum absolute atomic E-state index is 0.281. The van der Waals surface area contributed by atoms with Gasteiger partial charge in [-0.15, -0.1) is 15.3 Å². The molecule has 0 aromatic carbocycles. The van der Waals surface area contributed by atoms with Gasteiger partial charge in [-0.2, -0.15) is 19.4 Å². The van der Waals surface area contributed by atoms with Crippen LogP contribution in [-0.4, -0.2) is 39.5 Å². The molecule has 4 aromatic heterocycles. The monoisotopic (exact) mass is 361 g/mol. The normalized spacial score (nSPS) is 11.3. The van der Waals surface area contributed by atoms with Gasteiger partial charge in [-0.3, -0.25) is 0 Å². The predicted molar refractivity (Wildman–Crippen MR) is 96.4 cm³/mol. The second kappa shape index (κ2) is 6.71. The van der Waals surface area contributed by atoms with Gasteiger partial charge in [-0.25, -0.2) is 15.0 Å². The molecule has 4 heterocycles. The van der Waals surface area contributed by atoms with E-state index in [1.54, 1.807) is 44.6 Å². The molecule has 27 heavy (non-hydrogen) atoms. The molecule has 0 saturated heterocycles. The van der Waals surface area contributed by atoms with Gasteiger partial charge in [-0.1, -0.05) is 6.07 Å². The van der Waals surface area contributed by atoms with Gasteiger partial charge in [0.25, 0.3) is 11.9 Å². The fraction of sp³-hybridized carbons (Fsp3) is 0.125. The molecule has 0 bridgehead atoms. The summed E-state index contributed by atoms with van der Waals surface area (Å²) in [6, 6.07) is 7.19. The van der Waals surface area contributed by atoms with Gasteiger partial charge in [0.15, 0.2) is 17.3 Å². The lowest BCUT2D eigenvalue weighted by atomic mass is 10.4. The summed E-state index contributed by atoms with van der Waals surface area (Å²) in [5, 5.41) is 17.1. The molecule has 0 spiro atoms. The minimum Gasteiger partial charge on any atom is -0.382 e. The molecule has 0 radical (unpaired) electrons. The molecule has 0 saturated carbocycles. The Kier molecular flexibility index (Phi) is 4.09. The summed E-state index contributed by atoms with van der Waals surface area (Å²) < 4.78 is 2.92. The number of nitrogen functional groups attached to an aromatic ring is 1. The summed E-state index contributed by atoms with van der Waals surface area (Å²) >= 11 is 0. The van der Waals surface area contributed by atoms with Crippen molar-refractivity contribution >= 4 is 17.5 Å². The summed E-state index contributed by atoms with van der Waals surface area (Å²) in [6.07, 6.45) is 4.88. The van der Waals surface area contributed by atoms with Crippen LogP contribution in [0.1, 0.15) is 11.5 Å². The number of nitrogens with two attached hydrogens (primary N) is 1. The van der Waals surface area contributed by atoms with E-state index in [1.165, 1.54) is 9.36 Å². The summed E-state index contributed by atoms with van der Waals surface area (Å²) in [5.41, 5.74) is 7.17. The average molecular weight is 361 g/mol. The molecule has 0 aliphatic carbocycles. The number of pyridine rings is 1. The van der Waals surface area contributed by atoms with Crippen molar-refractivity contribution in [1.29, 1.82) is 0 Å². The first-order valence-corrected chi connectivity index (χ1v) is 8.03. The molecule has 0 unspecified atom stereocenters. The second-order valence-corrected chi connectivity index (χ2v) is 5.54. The van der Waals surface area contributed by atoms with Crippen molar-refractivity contribution in [1.82, 2.24) is 39.5 Å². The van der Waals surface area contributed by atoms with E-state index in [9.17, 15) is 0 Å². The van der Waals surface area contributed by atoms with E-state index >= 15 is 0 Å². The molecule has 0 atom stereocenters. The lowest BCUT2D eigenvalue weighted by molar-refractivity contribution is 0.805. The van der Waals surface area contributed by atoms with Crippen LogP contribution in [0.5, 0.6) is 0 Å². The third-order valence-electron chi connectivity index (χ3n) is 3.61. The van der Waals surface area contributed by atoms with Crippen molar-refractivity contribution < 1.29 is 0 Å². The van der Waals surface area contributed by atoms with E-state index in [4.69, 9.17) is 5.73 Å². The number of nitrogens with zero attached hydrogens (tertiary/aromatic N) is 10. The van der Waals surface area contributed by atoms with Gasteiger partial charge in [0, 0.05) is 18.6 Å². The van der Waals surface area contributed by atoms with E-state index in [1.807, 2.05) is 12.1 Å². The summed E-state index contributed by atoms with van der Waals surface area (Å²) in [4.78, 5) is 16.8. The molecule has 4 aromatic rings. The number of anilines is 1. The summed E-state index contributed by atoms with van der Waals surface area (Å²) in [6.45, 7) is 3.54. The third-order valence-corrected chi connectivity index (χ3v) is 3.61. The van der Waals surface area contributed by atoms with E-state index in [-0.39, 0.29) is 11.8 Å². The van der Waals surface area contributed by atoms with Gasteiger partial charge in [0.05, 0.1) is 5.69 Å². The zero-order valence-corrected chi connectivity index (χ0v) is 14.6. The Labute approximate surface area is 153 Å². The third kappa shape index (κ3) is 3.13. The van der Waals surface area contributed by atoms with Crippen molar-refractivity contribution in [3.8, 4) is 11.8 Å². The lowest BCUT2D eigenvalue weighted by Gasteiger charge is -2.00. The molecule has 0 aliphatic rings. The predicted octanol–water partition coefficient (Wildman–Crippen LogP) is 2.25. The van der Waals surface area contributed by atoms with Gasteiger partial charge in [-0.05, 0) is 32.0 Å². The van der Waals surface area contributed by atoms with E-state index in [2.05, 4.69) is 40.4 Å². The zero-order chi connectivity index (χ0) is 18.8. The topological polar surface area (TPSA) is 138 Å². The molecule has 0 aliphatic heterocycles. The average Bonchev–Trinajstić information content (AvgIpc) is 3.21. The first kappa shape index (κ1) is 16.4. The maximum absolute atomic E-state index is 6.17. The number of aromatic nitrogens is 8. The Balaban J connectivity index is 1.72. The number of hydrogen-bond donors (Lipinski definition) is 1. The highest BCUT2D eigenvalue weighted by atomic mass is 15.4. The Bertz CT molecular complexity index is 1100. The van der Waals surface area contributed by atoms with Crippen LogP contribution in [0.25, 0.3) is 11.8 Å². The Morgan fingerprint density at radius 3 is 2.41 bits per heavy atom. The number of hydrogen-bond acceptors (Lipinski definition) is 9. The largest absolute Gasteiger partial charge is 0.382 e. The van der Waals surface area contributed by atoms with Crippen molar-refractivity contribution in [3.63, 3.8) is 0 Å². The van der Waals surface area contributed by atoms with Crippen LogP contribution in [0.15, 0.2) is 53.1 Å². The fourth-order valence-corrected chi connectivity index (χ4v) is 2.41. The van der Waals surface area contributed by atoms with Gasteiger partial charge in [0.2, 0.25) is 0 Å². The molecule has 134 valence electrons. The molecule has 0 amide bonds. The van der Waals surface area contributed by atoms with Crippen LogP contribution < -0.4 is 5.73 Å². The van der Waals surface area contributed by atoms with Gasteiger partial charge in [0.1, 0.15) is 5.82 Å².